The van der Waals surface area contributed by atoms with Crippen molar-refractivity contribution in [3.8, 4) is 0 Å². The Morgan fingerprint density at radius 3 is 2.50 bits per heavy atom. The fourth-order valence-corrected chi connectivity index (χ4v) is 3.13. The monoisotopic (exact) mass is 395 g/mol. The van der Waals surface area contributed by atoms with Crippen LogP contribution in [0.1, 0.15) is 13.3 Å². The number of alkyl halides is 2. The smallest absolute Gasteiger partial charge is 0.0760 e. The summed E-state index contributed by atoms with van der Waals surface area (Å²) in [5.41, 5.74) is 0. The zero-order chi connectivity index (χ0) is 9.35. The molecule has 1 heterocycles. The summed E-state index contributed by atoms with van der Waals surface area (Å²) in [6.07, 6.45) is 0.961. The lowest BCUT2D eigenvalue weighted by molar-refractivity contribution is 0.0333. The second kappa shape index (κ2) is 4.27. The minimum absolute atomic E-state index is 0.150. The Morgan fingerprint density at radius 1 is 1.50 bits per heavy atom. The van der Waals surface area contributed by atoms with Crippen molar-refractivity contribution in [2.24, 2.45) is 5.92 Å². The van der Waals surface area contributed by atoms with Crippen molar-refractivity contribution in [2.75, 3.05) is 20.1 Å². The Kier molecular flexibility index (Phi) is 4.07. The van der Waals surface area contributed by atoms with Crippen molar-refractivity contribution in [1.29, 1.82) is 0 Å². The average molecular weight is 395 g/mol. The van der Waals surface area contributed by atoms with Gasteiger partial charge in [0.05, 0.1) is 7.53 Å². The topological polar surface area (TPSA) is 23.5 Å². The maximum Gasteiger partial charge on any atom is 0.0760 e. The van der Waals surface area contributed by atoms with Gasteiger partial charge in [-0.3, -0.25) is 0 Å². The number of rotatable bonds is 1. The van der Waals surface area contributed by atoms with Gasteiger partial charge in [0.15, 0.2) is 0 Å². The first kappa shape index (κ1) is 11.5. The van der Waals surface area contributed by atoms with Gasteiger partial charge in [-0.2, -0.15) is 0 Å². The Labute approximate surface area is 101 Å². The molecule has 1 rings (SSSR count). The Balaban J connectivity index is 2.57. The second-order valence-corrected chi connectivity index (χ2v) is 10.2. The fourth-order valence-electron chi connectivity index (χ4n) is 1.68. The lowest BCUT2D eigenvalue weighted by Gasteiger charge is -2.38. The van der Waals surface area contributed by atoms with Gasteiger partial charge in [0.1, 0.15) is 0 Å². The van der Waals surface area contributed by atoms with Crippen LogP contribution in [0.15, 0.2) is 0 Å². The predicted molar refractivity (Wildman–Crippen MR) is 68.1 cm³/mol. The second-order valence-electron chi connectivity index (χ2n) is 3.68. The highest BCUT2D eigenvalue weighted by molar-refractivity contribution is 14.2. The summed E-state index contributed by atoms with van der Waals surface area (Å²) in [5.74, 6) is 0.440. The predicted octanol–water partition coefficient (Wildman–Crippen LogP) is 1.89. The van der Waals surface area contributed by atoms with Crippen LogP contribution in [0.25, 0.3) is 0 Å². The Morgan fingerprint density at radius 2 is 2.08 bits per heavy atom. The van der Waals surface area contributed by atoms with Gasteiger partial charge in [0, 0.05) is 12.5 Å². The number of aliphatic hydroxyl groups is 1. The Bertz CT molecular complexity index is 158. The molecule has 0 aliphatic carbocycles. The number of hydrogen-bond acceptors (Lipinski definition) is 2. The molecule has 0 spiro atoms. The summed E-state index contributed by atoms with van der Waals surface area (Å²) in [6.45, 7) is 4.13. The van der Waals surface area contributed by atoms with Gasteiger partial charge in [-0.15, -0.1) is 0 Å². The molecule has 1 aliphatic heterocycles. The van der Waals surface area contributed by atoms with Gasteiger partial charge in [0.25, 0.3) is 0 Å². The van der Waals surface area contributed by atoms with Gasteiger partial charge in [-0.05, 0) is 26.9 Å². The molecular formula is C8H15I2NO. The van der Waals surface area contributed by atoms with Crippen LogP contribution in [0.5, 0.6) is 0 Å². The molecule has 0 aromatic heterocycles. The highest BCUT2D eigenvalue weighted by Gasteiger charge is 2.37. The van der Waals surface area contributed by atoms with E-state index in [1.165, 1.54) is 0 Å². The Hall–Kier alpha value is 1.38. The average Bonchev–Trinajstić information content (AvgIpc) is 1.83. The number of β-amino-alcohol motifs (C(OH)–C–C–N with tert-alkyl or cyclic N) is 1. The number of piperidine rings is 1. The van der Waals surface area contributed by atoms with E-state index in [-0.39, 0.29) is 7.53 Å². The molecule has 0 radical (unpaired) electrons. The third-order valence-electron chi connectivity index (χ3n) is 2.44. The normalized spacial score (nSPS) is 33.8. The van der Waals surface area contributed by atoms with Crippen molar-refractivity contribution in [2.45, 2.75) is 20.9 Å². The molecule has 72 valence electrons. The van der Waals surface area contributed by atoms with Gasteiger partial charge in [0.2, 0.25) is 0 Å². The van der Waals surface area contributed by atoms with E-state index >= 15 is 0 Å². The lowest BCUT2D eigenvalue weighted by Crippen LogP contribution is -2.46. The van der Waals surface area contributed by atoms with Crippen LogP contribution in [0.2, 0.25) is 0 Å². The molecule has 1 unspecified atom stereocenters. The summed E-state index contributed by atoms with van der Waals surface area (Å²) in [4.78, 5) is 2.19. The molecule has 1 aliphatic rings. The minimum Gasteiger partial charge on any atom is -0.391 e. The van der Waals surface area contributed by atoms with Crippen molar-refractivity contribution in [1.82, 2.24) is 4.90 Å². The molecular weight excluding hydrogens is 380 g/mol. The van der Waals surface area contributed by atoms with E-state index in [1.54, 1.807) is 0 Å². The van der Waals surface area contributed by atoms with E-state index in [0.29, 0.717) is 5.92 Å². The summed E-state index contributed by atoms with van der Waals surface area (Å²) in [7, 11) is 2.07. The number of nitrogens with zero attached hydrogens (tertiary/aromatic N) is 1. The highest BCUT2D eigenvalue weighted by Crippen LogP contribution is 2.40. The van der Waals surface area contributed by atoms with Crippen LogP contribution in [-0.2, 0) is 0 Å². The van der Waals surface area contributed by atoms with Crippen molar-refractivity contribution >= 4 is 45.2 Å². The molecule has 1 saturated heterocycles. The maximum absolute atomic E-state index is 9.82. The van der Waals surface area contributed by atoms with E-state index < -0.39 is 0 Å². The first-order valence-corrected chi connectivity index (χ1v) is 6.31. The number of likely N-dealkylation sites (tertiary alicyclic amines) is 1. The molecule has 2 nitrogen and oxygen atoms in total. The largest absolute Gasteiger partial charge is 0.391 e. The summed E-state index contributed by atoms with van der Waals surface area (Å²) in [6, 6.07) is 0. The SMILES string of the molecule is CN1CCC(C(C)(I)I)[C@H](O)C1. The fraction of sp³-hybridized carbons (Fsp3) is 1.00. The molecule has 0 bridgehead atoms. The van der Waals surface area contributed by atoms with Crippen molar-refractivity contribution in [3.05, 3.63) is 0 Å². The molecule has 1 fully saturated rings. The first-order valence-electron chi connectivity index (χ1n) is 4.15. The number of halogens is 2. The molecule has 0 aromatic carbocycles. The molecule has 4 heteroatoms. The zero-order valence-electron chi connectivity index (χ0n) is 7.43. The van der Waals surface area contributed by atoms with Crippen LogP contribution in [0.3, 0.4) is 0 Å². The highest BCUT2D eigenvalue weighted by atomic mass is 127. The van der Waals surface area contributed by atoms with Crippen molar-refractivity contribution in [3.63, 3.8) is 0 Å². The molecule has 0 aromatic rings. The first-order chi connectivity index (χ1) is 5.41. The molecule has 12 heavy (non-hydrogen) atoms. The van der Waals surface area contributed by atoms with Crippen LogP contribution < -0.4 is 0 Å². The van der Waals surface area contributed by atoms with E-state index in [4.69, 9.17) is 0 Å². The number of hydrogen-bond donors (Lipinski definition) is 1. The quantitative estimate of drug-likeness (QED) is 0.542. The standard InChI is InChI=1S/C8H15I2NO/c1-8(9,10)6-3-4-11(2)5-7(6)12/h6-7,12H,3-5H2,1-2H3/t6?,7-/m1/s1. The van der Waals surface area contributed by atoms with Crippen molar-refractivity contribution < 1.29 is 5.11 Å². The van der Waals surface area contributed by atoms with E-state index in [9.17, 15) is 5.11 Å². The van der Waals surface area contributed by atoms with Gasteiger partial charge in [-0.25, -0.2) is 0 Å². The van der Waals surface area contributed by atoms with E-state index in [2.05, 4.69) is 64.1 Å². The van der Waals surface area contributed by atoms with Crippen LogP contribution in [-0.4, -0.2) is 37.7 Å². The van der Waals surface area contributed by atoms with E-state index in [0.717, 1.165) is 19.5 Å². The zero-order valence-corrected chi connectivity index (χ0v) is 11.7. The van der Waals surface area contributed by atoms with Crippen LogP contribution >= 0.6 is 45.2 Å². The third-order valence-corrected chi connectivity index (χ3v) is 4.04. The summed E-state index contributed by atoms with van der Waals surface area (Å²) >= 11 is 4.85. The number of likely N-dealkylation sites (N-methyl/N-ethyl adjacent to an activating group) is 1. The molecule has 1 N–H and O–H groups in total. The van der Waals surface area contributed by atoms with E-state index in [1.807, 2.05) is 0 Å². The van der Waals surface area contributed by atoms with Crippen LogP contribution in [0, 0.1) is 5.92 Å². The summed E-state index contributed by atoms with van der Waals surface area (Å²) in [5, 5.41) is 9.82. The van der Waals surface area contributed by atoms with Gasteiger partial charge in [-0.1, -0.05) is 45.2 Å². The van der Waals surface area contributed by atoms with Crippen LogP contribution in [0.4, 0.5) is 0 Å². The number of aliphatic hydroxyl groups excluding tert-OH is 1. The lowest BCUT2D eigenvalue weighted by atomic mass is 9.92. The molecule has 0 amide bonds. The molecule has 0 saturated carbocycles. The third kappa shape index (κ3) is 2.95. The van der Waals surface area contributed by atoms with Gasteiger partial charge < -0.3 is 10.0 Å². The molecule has 2 atom stereocenters. The van der Waals surface area contributed by atoms with Gasteiger partial charge >= 0.3 is 0 Å². The summed E-state index contributed by atoms with van der Waals surface area (Å²) < 4.78 is 0.191. The minimum atomic E-state index is -0.150. The maximum atomic E-state index is 9.82.